The van der Waals surface area contributed by atoms with Crippen LogP contribution in [0.25, 0.3) is 11.0 Å². The number of aromatic amines is 1. The number of methoxy groups -OCH3 is 1. The van der Waals surface area contributed by atoms with Crippen molar-refractivity contribution >= 4 is 22.9 Å². The molecule has 35 heavy (non-hydrogen) atoms. The molecule has 1 saturated heterocycles. The van der Waals surface area contributed by atoms with Crippen molar-refractivity contribution in [3.05, 3.63) is 57.3 Å². The molecule has 9 heteroatoms. The van der Waals surface area contributed by atoms with Gasteiger partial charge in [-0.2, -0.15) is 5.10 Å². The largest absolute Gasteiger partial charge is 0.465 e. The molecule has 184 valence electrons. The van der Waals surface area contributed by atoms with E-state index in [2.05, 4.69) is 4.98 Å². The monoisotopic (exact) mass is 477 g/mol. The van der Waals surface area contributed by atoms with E-state index in [0.717, 1.165) is 38.5 Å². The van der Waals surface area contributed by atoms with E-state index in [-0.39, 0.29) is 23.4 Å². The maximum atomic E-state index is 13.3. The molecule has 1 atom stereocenters. The normalized spacial score (nSPS) is 19.1. The van der Waals surface area contributed by atoms with Gasteiger partial charge in [-0.3, -0.25) is 9.59 Å². The minimum Gasteiger partial charge on any atom is -0.465 e. The molecule has 9 nitrogen and oxygen atoms in total. The summed E-state index contributed by atoms with van der Waals surface area (Å²) in [6, 6.07) is 6.85. The fourth-order valence-electron chi connectivity index (χ4n) is 5.47. The van der Waals surface area contributed by atoms with E-state index in [9.17, 15) is 14.4 Å². The number of rotatable bonds is 4. The summed E-state index contributed by atoms with van der Waals surface area (Å²) in [5.74, 6) is -0.0908. The van der Waals surface area contributed by atoms with E-state index >= 15 is 0 Å². The average Bonchev–Trinajstić information content (AvgIpc) is 3.25. The van der Waals surface area contributed by atoms with Crippen LogP contribution in [0, 0.1) is 6.92 Å². The van der Waals surface area contributed by atoms with E-state index in [0.29, 0.717) is 46.8 Å². The average molecular weight is 478 g/mol. The second-order valence-electron chi connectivity index (χ2n) is 9.63. The molecule has 1 N–H and O–H groups in total. The van der Waals surface area contributed by atoms with Crippen molar-refractivity contribution in [3.8, 4) is 0 Å². The van der Waals surface area contributed by atoms with Crippen molar-refractivity contribution in [2.24, 2.45) is 0 Å². The third-order valence-electron chi connectivity index (χ3n) is 7.30. The van der Waals surface area contributed by atoms with Gasteiger partial charge in [0.1, 0.15) is 11.2 Å². The molecular weight excluding hydrogens is 446 g/mol. The van der Waals surface area contributed by atoms with E-state index in [1.165, 1.54) is 13.5 Å². The Kier molecular flexibility index (Phi) is 6.40. The van der Waals surface area contributed by atoms with Crippen molar-refractivity contribution in [1.29, 1.82) is 0 Å². The first-order valence-corrected chi connectivity index (χ1v) is 12.4. The number of hydrogen-bond acceptors (Lipinski definition) is 6. The Hall–Kier alpha value is -3.49. The molecular formula is C26H31N5O4. The maximum Gasteiger partial charge on any atom is 0.337 e. The Morgan fingerprint density at radius 2 is 1.86 bits per heavy atom. The zero-order valence-corrected chi connectivity index (χ0v) is 20.2. The van der Waals surface area contributed by atoms with Crippen LogP contribution in [0.3, 0.4) is 0 Å². The molecule has 5 rings (SSSR count). The van der Waals surface area contributed by atoms with Gasteiger partial charge < -0.3 is 14.6 Å². The van der Waals surface area contributed by atoms with Crippen molar-refractivity contribution in [1.82, 2.24) is 24.6 Å². The van der Waals surface area contributed by atoms with Crippen LogP contribution < -0.4 is 5.56 Å². The Bertz CT molecular complexity index is 1320. The zero-order chi connectivity index (χ0) is 24.5. The van der Waals surface area contributed by atoms with Crippen molar-refractivity contribution in [2.75, 3.05) is 20.2 Å². The van der Waals surface area contributed by atoms with Gasteiger partial charge in [-0.1, -0.05) is 25.3 Å². The fraction of sp³-hybridized carbons (Fsp3) is 0.500. The predicted octanol–water partition coefficient (Wildman–Crippen LogP) is 3.74. The van der Waals surface area contributed by atoms with Crippen LogP contribution in [-0.4, -0.2) is 56.7 Å². The molecule has 0 radical (unpaired) electrons. The standard InChI is InChI=1S/C26H31N5O4/c1-16-21-23(31(29-16)20-11-4-3-5-12-20)27-22(28-24(21)32)19-10-7-13-30(15-19)25(33)17-8-6-9-18(14-17)26(34)35-2/h6,8-9,14,19-20H,3-5,7,10-13,15H2,1-2H3,(H,27,28,32). The van der Waals surface area contributed by atoms with Crippen LogP contribution in [0.2, 0.25) is 0 Å². The third kappa shape index (κ3) is 4.47. The number of aryl methyl sites for hydroxylation is 1. The number of esters is 1. The molecule has 2 fully saturated rings. The first-order valence-electron chi connectivity index (χ1n) is 12.4. The van der Waals surface area contributed by atoms with Gasteiger partial charge in [0, 0.05) is 24.6 Å². The number of aromatic nitrogens is 4. The summed E-state index contributed by atoms with van der Waals surface area (Å²) in [7, 11) is 1.32. The quantitative estimate of drug-likeness (QED) is 0.573. The number of nitrogens with zero attached hydrogens (tertiary/aromatic N) is 4. The number of piperidine rings is 1. The lowest BCUT2D eigenvalue weighted by Gasteiger charge is -2.32. The molecule has 0 bridgehead atoms. The van der Waals surface area contributed by atoms with Gasteiger partial charge in [-0.25, -0.2) is 14.5 Å². The number of ether oxygens (including phenoxy) is 1. The van der Waals surface area contributed by atoms with Crippen molar-refractivity contribution < 1.29 is 14.3 Å². The minimum atomic E-state index is -0.476. The predicted molar refractivity (Wildman–Crippen MR) is 131 cm³/mol. The number of carbonyl (C=O) groups excluding carboxylic acids is 2. The summed E-state index contributed by atoms with van der Waals surface area (Å²) in [6.07, 6.45) is 7.30. The van der Waals surface area contributed by atoms with Gasteiger partial charge in [-0.15, -0.1) is 0 Å². The maximum absolute atomic E-state index is 13.3. The highest BCUT2D eigenvalue weighted by atomic mass is 16.5. The topological polar surface area (TPSA) is 110 Å². The molecule has 1 aliphatic heterocycles. The van der Waals surface area contributed by atoms with Crippen LogP contribution in [0.5, 0.6) is 0 Å². The highest BCUT2D eigenvalue weighted by Gasteiger charge is 2.29. The lowest BCUT2D eigenvalue weighted by Crippen LogP contribution is -2.40. The molecule has 2 aliphatic rings. The molecule has 1 saturated carbocycles. The number of hydrogen-bond donors (Lipinski definition) is 1. The molecule has 1 amide bonds. The Labute approximate surface area is 203 Å². The summed E-state index contributed by atoms with van der Waals surface area (Å²) >= 11 is 0. The van der Waals surface area contributed by atoms with Crippen molar-refractivity contribution in [2.45, 2.75) is 63.8 Å². The van der Waals surface area contributed by atoms with Crippen LogP contribution >= 0.6 is 0 Å². The highest BCUT2D eigenvalue weighted by Crippen LogP contribution is 2.31. The van der Waals surface area contributed by atoms with Gasteiger partial charge in [-0.05, 0) is 50.8 Å². The second kappa shape index (κ2) is 9.64. The lowest BCUT2D eigenvalue weighted by atomic mass is 9.95. The molecule has 0 spiro atoms. The first kappa shape index (κ1) is 23.3. The number of fused-ring (bicyclic) bond motifs is 1. The number of nitrogens with one attached hydrogen (secondary N) is 1. The highest BCUT2D eigenvalue weighted by molar-refractivity contribution is 5.98. The summed E-state index contributed by atoms with van der Waals surface area (Å²) in [5.41, 5.74) is 1.98. The minimum absolute atomic E-state index is 0.0800. The number of H-pyrrole nitrogens is 1. The lowest BCUT2D eigenvalue weighted by molar-refractivity contribution is 0.0600. The second-order valence-corrected chi connectivity index (χ2v) is 9.63. The van der Waals surface area contributed by atoms with Crippen LogP contribution in [0.4, 0.5) is 0 Å². The summed E-state index contributed by atoms with van der Waals surface area (Å²) in [5, 5.41) is 5.26. The van der Waals surface area contributed by atoms with E-state index < -0.39 is 5.97 Å². The van der Waals surface area contributed by atoms with Gasteiger partial charge in [0.2, 0.25) is 0 Å². The van der Waals surface area contributed by atoms with E-state index in [1.54, 1.807) is 29.2 Å². The summed E-state index contributed by atoms with van der Waals surface area (Å²) in [4.78, 5) is 47.9. The van der Waals surface area contributed by atoms with Gasteiger partial charge >= 0.3 is 5.97 Å². The fourth-order valence-corrected chi connectivity index (χ4v) is 5.47. The SMILES string of the molecule is COC(=O)c1cccc(C(=O)N2CCCC(c3nc4c(c(C)nn4C4CCCCC4)c(=O)[nH]3)C2)c1. The first-order chi connectivity index (χ1) is 17.0. The number of carbonyl (C=O) groups is 2. The van der Waals surface area contributed by atoms with Crippen molar-refractivity contribution in [3.63, 3.8) is 0 Å². The summed E-state index contributed by atoms with van der Waals surface area (Å²) < 4.78 is 6.74. The smallest absolute Gasteiger partial charge is 0.337 e. The number of likely N-dealkylation sites (tertiary alicyclic amines) is 1. The van der Waals surface area contributed by atoms with E-state index in [1.807, 2.05) is 11.6 Å². The molecule has 3 aromatic rings. The van der Waals surface area contributed by atoms with Gasteiger partial charge in [0.15, 0.2) is 5.65 Å². The molecule has 1 aromatic carbocycles. The van der Waals surface area contributed by atoms with Gasteiger partial charge in [0.05, 0.1) is 24.4 Å². The van der Waals surface area contributed by atoms with Crippen LogP contribution in [0.15, 0.2) is 29.1 Å². The Morgan fingerprint density at radius 3 is 2.63 bits per heavy atom. The molecule has 1 aliphatic carbocycles. The summed E-state index contributed by atoms with van der Waals surface area (Å²) in [6.45, 7) is 2.93. The Morgan fingerprint density at radius 1 is 1.09 bits per heavy atom. The molecule has 1 unspecified atom stereocenters. The molecule has 2 aromatic heterocycles. The molecule has 3 heterocycles. The number of amides is 1. The Balaban J connectivity index is 1.43. The number of benzene rings is 1. The van der Waals surface area contributed by atoms with Gasteiger partial charge in [0.25, 0.3) is 11.5 Å². The van der Waals surface area contributed by atoms with E-state index in [4.69, 9.17) is 14.8 Å². The zero-order valence-electron chi connectivity index (χ0n) is 20.2. The third-order valence-corrected chi connectivity index (χ3v) is 7.30. The van der Waals surface area contributed by atoms with Crippen LogP contribution in [-0.2, 0) is 4.74 Å². The van der Waals surface area contributed by atoms with Crippen LogP contribution in [0.1, 0.15) is 89.1 Å².